The minimum absolute atomic E-state index is 0.161. The standard InChI is InChI=1S/C28H35N5O5/c1-37-24-8-5-9-25(38-2)27(24)23-17-22(32-33(23)21-6-3-4-7-21)28(36)31-20(16-26(34)35)12-15-30-18-19-10-13-29-14-11-19/h5,8-11,13-14,17,20-21,30H,3-4,6-7,12,15-16,18H2,1-2H3,(H,31,36)(H,34,35)/t20-/m0/s1. The smallest absolute Gasteiger partial charge is 0.305 e. The van der Waals surface area contributed by atoms with Gasteiger partial charge in [0.15, 0.2) is 5.69 Å². The fourth-order valence-electron chi connectivity index (χ4n) is 4.93. The Morgan fingerprint density at radius 3 is 2.42 bits per heavy atom. The zero-order valence-corrected chi connectivity index (χ0v) is 21.9. The van der Waals surface area contributed by atoms with Gasteiger partial charge < -0.3 is 25.2 Å². The van der Waals surface area contributed by atoms with Crippen LogP contribution in [0.25, 0.3) is 11.3 Å². The summed E-state index contributed by atoms with van der Waals surface area (Å²) in [6.07, 6.45) is 7.87. The van der Waals surface area contributed by atoms with Crippen LogP contribution in [0.3, 0.4) is 0 Å². The van der Waals surface area contributed by atoms with Crippen molar-refractivity contribution in [2.45, 2.75) is 57.2 Å². The molecule has 38 heavy (non-hydrogen) atoms. The maximum absolute atomic E-state index is 13.3. The van der Waals surface area contributed by atoms with E-state index in [4.69, 9.17) is 14.6 Å². The summed E-state index contributed by atoms with van der Waals surface area (Å²) in [5.74, 6) is -0.128. The largest absolute Gasteiger partial charge is 0.496 e. The van der Waals surface area contributed by atoms with Gasteiger partial charge in [0, 0.05) is 25.0 Å². The van der Waals surface area contributed by atoms with Crippen molar-refractivity contribution >= 4 is 11.9 Å². The SMILES string of the molecule is COc1cccc(OC)c1-c1cc(C(=O)N[C@@H](CCNCc2ccncc2)CC(=O)O)nn1C1CCCC1. The van der Waals surface area contributed by atoms with E-state index in [1.54, 1.807) is 32.7 Å². The average molecular weight is 522 g/mol. The number of carbonyl (C=O) groups is 2. The van der Waals surface area contributed by atoms with Crippen molar-refractivity contribution in [3.63, 3.8) is 0 Å². The third kappa shape index (κ3) is 6.69. The van der Waals surface area contributed by atoms with E-state index in [-0.39, 0.29) is 18.2 Å². The minimum Gasteiger partial charge on any atom is -0.496 e. The number of methoxy groups -OCH3 is 2. The van der Waals surface area contributed by atoms with Gasteiger partial charge in [0.1, 0.15) is 11.5 Å². The highest BCUT2D eigenvalue weighted by Crippen LogP contribution is 2.41. The molecule has 10 heteroatoms. The number of aliphatic carboxylic acids is 1. The minimum atomic E-state index is -0.972. The maximum Gasteiger partial charge on any atom is 0.305 e. The van der Waals surface area contributed by atoms with E-state index in [0.29, 0.717) is 31.0 Å². The highest BCUT2D eigenvalue weighted by Gasteiger charge is 2.28. The lowest BCUT2D eigenvalue weighted by molar-refractivity contribution is -0.137. The molecule has 2 heterocycles. The fourth-order valence-corrected chi connectivity index (χ4v) is 4.93. The van der Waals surface area contributed by atoms with Gasteiger partial charge in [0.05, 0.1) is 37.9 Å². The fraction of sp³-hybridized carbons (Fsp3) is 0.429. The summed E-state index contributed by atoms with van der Waals surface area (Å²) >= 11 is 0. The van der Waals surface area contributed by atoms with Crippen LogP contribution >= 0.6 is 0 Å². The molecule has 202 valence electrons. The number of nitrogens with zero attached hydrogens (tertiary/aromatic N) is 3. The summed E-state index contributed by atoms with van der Waals surface area (Å²) in [5, 5.41) is 20.3. The van der Waals surface area contributed by atoms with Gasteiger partial charge in [-0.15, -0.1) is 0 Å². The van der Waals surface area contributed by atoms with E-state index >= 15 is 0 Å². The van der Waals surface area contributed by atoms with Gasteiger partial charge in [-0.2, -0.15) is 5.10 Å². The number of carboxylic acids is 1. The van der Waals surface area contributed by atoms with Crippen LogP contribution in [-0.2, 0) is 11.3 Å². The number of nitrogens with one attached hydrogen (secondary N) is 2. The number of pyridine rings is 1. The van der Waals surface area contributed by atoms with Gasteiger partial charge in [0.25, 0.3) is 5.91 Å². The lowest BCUT2D eigenvalue weighted by atomic mass is 10.1. The molecular weight excluding hydrogens is 486 g/mol. The van der Waals surface area contributed by atoms with Crippen LogP contribution in [0, 0.1) is 0 Å². The molecule has 1 fully saturated rings. The quantitative estimate of drug-likeness (QED) is 0.290. The normalized spacial score (nSPS) is 14.3. The molecule has 1 aliphatic rings. The first-order chi connectivity index (χ1) is 18.5. The van der Waals surface area contributed by atoms with Crippen molar-refractivity contribution in [3.8, 4) is 22.8 Å². The second-order valence-corrected chi connectivity index (χ2v) is 9.42. The van der Waals surface area contributed by atoms with Crippen molar-refractivity contribution in [1.29, 1.82) is 0 Å². The van der Waals surface area contributed by atoms with Gasteiger partial charge in [-0.3, -0.25) is 19.3 Å². The average Bonchev–Trinajstić information content (AvgIpc) is 3.61. The van der Waals surface area contributed by atoms with E-state index < -0.39 is 17.9 Å². The lowest BCUT2D eigenvalue weighted by Gasteiger charge is -2.18. The highest BCUT2D eigenvalue weighted by molar-refractivity contribution is 5.94. The number of hydrogen-bond acceptors (Lipinski definition) is 7. The molecule has 4 rings (SSSR count). The van der Waals surface area contributed by atoms with Crippen LogP contribution in [0.5, 0.6) is 11.5 Å². The highest BCUT2D eigenvalue weighted by atomic mass is 16.5. The van der Waals surface area contributed by atoms with E-state index in [1.165, 1.54) is 0 Å². The van der Waals surface area contributed by atoms with Crippen molar-refractivity contribution in [2.75, 3.05) is 20.8 Å². The van der Waals surface area contributed by atoms with Gasteiger partial charge in [-0.1, -0.05) is 18.9 Å². The van der Waals surface area contributed by atoms with Crippen LogP contribution in [0.15, 0.2) is 48.8 Å². The first kappa shape index (κ1) is 27.1. The Hall–Kier alpha value is -3.92. The summed E-state index contributed by atoms with van der Waals surface area (Å²) < 4.78 is 13.2. The van der Waals surface area contributed by atoms with Crippen LogP contribution in [-0.4, -0.2) is 58.6 Å². The topological polar surface area (TPSA) is 128 Å². The molecule has 1 amide bonds. The number of carbonyl (C=O) groups excluding carboxylic acids is 1. The Kier molecular flexibility index (Phi) is 9.31. The third-order valence-electron chi connectivity index (χ3n) is 6.83. The molecule has 1 saturated carbocycles. The molecule has 0 spiro atoms. The van der Waals surface area contributed by atoms with Gasteiger partial charge in [-0.25, -0.2) is 0 Å². The number of rotatable bonds is 13. The zero-order valence-electron chi connectivity index (χ0n) is 21.9. The number of benzene rings is 1. The second-order valence-electron chi connectivity index (χ2n) is 9.42. The molecule has 2 aromatic heterocycles. The summed E-state index contributed by atoms with van der Waals surface area (Å²) in [7, 11) is 3.20. The van der Waals surface area contributed by atoms with Crippen molar-refractivity contribution in [1.82, 2.24) is 25.4 Å². The zero-order chi connectivity index (χ0) is 26.9. The first-order valence-corrected chi connectivity index (χ1v) is 12.9. The summed E-state index contributed by atoms with van der Waals surface area (Å²) in [6.45, 7) is 1.17. The van der Waals surface area contributed by atoms with Crippen LogP contribution < -0.4 is 20.1 Å². The molecule has 1 atom stereocenters. The molecule has 0 aliphatic heterocycles. The van der Waals surface area contributed by atoms with Gasteiger partial charge in [0.2, 0.25) is 0 Å². The maximum atomic E-state index is 13.3. The Balaban J connectivity index is 1.53. The molecule has 1 aromatic carbocycles. The van der Waals surface area contributed by atoms with E-state index in [0.717, 1.165) is 42.5 Å². The number of amides is 1. The molecule has 3 N–H and O–H groups in total. The number of carboxylic acid groups (broad SMARTS) is 1. The number of hydrogen-bond donors (Lipinski definition) is 3. The van der Waals surface area contributed by atoms with Crippen LogP contribution in [0.1, 0.15) is 60.6 Å². The predicted octanol–water partition coefficient (Wildman–Crippen LogP) is 3.83. The lowest BCUT2D eigenvalue weighted by Crippen LogP contribution is -2.38. The first-order valence-electron chi connectivity index (χ1n) is 12.9. The predicted molar refractivity (Wildman–Crippen MR) is 142 cm³/mol. The van der Waals surface area contributed by atoms with Crippen molar-refractivity contribution in [3.05, 3.63) is 60.0 Å². The van der Waals surface area contributed by atoms with Crippen molar-refractivity contribution in [2.24, 2.45) is 0 Å². The summed E-state index contributed by atoms with van der Waals surface area (Å²) in [5.41, 5.74) is 2.79. The van der Waals surface area contributed by atoms with Gasteiger partial charge >= 0.3 is 5.97 Å². The molecule has 10 nitrogen and oxygen atoms in total. The Bertz CT molecular complexity index is 1200. The van der Waals surface area contributed by atoms with Crippen LogP contribution in [0.4, 0.5) is 0 Å². The van der Waals surface area contributed by atoms with Crippen molar-refractivity contribution < 1.29 is 24.2 Å². The Morgan fingerprint density at radius 2 is 1.79 bits per heavy atom. The molecule has 1 aliphatic carbocycles. The number of ether oxygens (including phenoxy) is 2. The van der Waals surface area contributed by atoms with Crippen LogP contribution in [0.2, 0.25) is 0 Å². The van der Waals surface area contributed by atoms with E-state index in [1.807, 2.05) is 35.0 Å². The number of aromatic nitrogens is 3. The molecule has 0 radical (unpaired) electrons. The monoisotopic (exact) mass is 521 g/mol. The summed E-state index contributed by atoms with van der Waals surface area (Å²) in [4.78, 5) is 28.9. The van der Waals surface area contributed by atoms with E-state index in [9.17, 15) is 14.7 Å². The Labute approximate surface area is 222 Å². The molecule has 0 unspecified atom stereocenters. The molecular formula is C28H35N5O5. The Morgan fingerprint density at radius 1 is 1.11 bits per heavy atom. The van der Waals surface area contributed by atoms with E-state index in [2.05, 4.69) is 15.6 Å². The molecule has 0 bridgehead atoms. The molecule has 0 saturated heterocycles. The van der Waals surface area contributed by atoms with Gasteiger partial charge in [-0.05, 0) is 61.7 Å². The second kappa shape index (κ2) is 13.0. The third-order valence-corrected chi connectivity index (χ3v) is 6.83. The molecule has 3 aromatic rings. The summed E-state index contributed by atoms with van der Waals surface area (Å²) in [6, 6.07) is 10.7.